The third kappa shape index (κ3) is 6.12. The predicted octanol–water partition coefficient (Wildman–Crippen LogP) is 5.43. The first-order valence-electron chi connectivity index (χ1n) is 8.60. The molecule has 0 aromatic heterocycles. The van der Waals surface area contributed by atoms with Gasteiger partial charge in [0.15, 0.2) is 0 Å². The molecule has 2 unspecified atom stereocenters. The first kappa shape index (κ1) is 17.0. The molecule has 0 saturated heterocycles. The van der Waals surface area contributed by atoms with Gasteiger partial charge in [0.2, 0.25) is 0 Å². The van der Waals surface area contributed by atoms with Crippen molar-refractivity contribution in [2.24, 2.45) is 17.8 Å². The van der Waals surface area contributed by atoms with Crippen molar-refractivity contribution in [3.05, 3.63) is 34.3 Å². The van der Waals surface area contributed by atoms with Gasteiger partial charge in [-0.15, -0.1) is 0 Å². The summed E-state index contributed by atoms with van der Waals surface area (Å²) in [6.45, 7) is 6.94. The van der Waals surface area contributed by atoms with Gasteiger partial charge in [-0.3, -0.25) is 0 Å². The zero-order chi connectivity index (χ0) is 15.1. The van der Waals surface area contributed by atoms with Gasteiger partial charge in [0, 0.05) is 4.47 Å². The van der Waals surface area contributed by atoms with Crippen molar-refractivity contribution in [3.63, 3.8) is 0 Å². The number of halogens is 1. The van der Waals surface area contributed by atoms with E-state index in [0.29, 0.717) is 0 Å². The average molecular weight is 352 g/mol. The smallest absolute Gasteiger partial charge is 0.0177 e. The van der Waals surface area contributed by atoms with E-state index in [0.717, 1.165) is 24.3 Å². The molecule has 1 aromatic carbocycles. The molecule has 0 spiro atoms. The summed E-state index contributed by atoms with van der Waals surface area (Å²) < 4.78 is 1.21. The Bertz CT molecular complexity index is 416. The van der Waals surface area contributed by atoms with Crippen LogP contribution in [0, 0.1) is 17.8 Å². The van der Waals surface area contributed by atoms with E-state index >= 15 is 0 Å². The lowest BCUT2D eigenvalue weighted by Crippen LogP contribution is -2.31. The van der Waals surface area contributed by atoms with Crippen molar-refractivity contribution >= 4 is 15.9 Å². The lowest BCUT2D eigenvalue weighted by atomic mass is 9.83. The van der Waals surface area contributed by atoms with E-state index in [9.17, 15) is 0 Å². The number of nitrogens with one attached hydrogen (secondary N) is 1. The fraction of sp³-hybridized carbons (Fsp3) is 0.684. The van der Waals surface area contributed by atoms with Crippen molar-refractivity contribution < 1.29 is 0 Å². The SMILES string of the molecule is CC(C)CNCC1CCCCCC1Cc1cccc(Br)c1. The van der Waals surface area contributed by atoms with Crippen molar-refractivity contribution in [3.8, 4) is 0 Å². The van der Waals surface area contributed by atoms with Crippen molar-refractivity contribution in [2.75, 3.05) is 13.1 Å². The summed E-state index contributed by atoms with van der Waals surface area (Å²) in [6.07, 6.45) is 8.32. The second kappa shape index (κ2) is 8.95. The van der Waals surface area contributed by atoms with E-state index in [-0.39, 0.29) is 0 Å². The quantitative estimate of drug-likeness (QED) is 0.673. The van der Waals surface area contributed by atoms with Crippen LogP contribution in [0.5, 0.6) is 0 Å². The Labute approximate surface area is 139 Å². The van der Waals surface area contributed by atoms with E-state index in [4.69, 9.17) is 0 Å². The highest BCUT2D eigenvalue weighted by Crippen LogP contribution is 2.31. The predicted molar refractivity (Wildman–Crippen MR) is 95.6 cm³/mol. The molecule has 2 rings (SSSR count). The molecular formula is C19H30BrN. The summed E-state index contributed by atoms with van der Waals surface area (Å²) in [5, 5.41) is 3.70. The summed E-state index contributed by atoms with van der Waals surface area (Å²) in [5.41, 5.74) is 1.49. The van der Waals surface area contributed by atoms with Crippen LogP contribution in [0.3, 0.4) is 0 Å². The Kier molecular flexibility index (Phi) is 7.25. The number of hydrogen-bond acceptors (Lipinski definition) is 1. The second-order valence-corrected chi connectivity index (χ2v) is 7.96. The van der Waals surface area contributed by atoms with Gasteiger partial charge in [-0.25, -0.2) is 0 Å². The molecule has 21 heavy (non-hydrogen) atoms. The maximum Gasteiger partial charge on any atom is 0.0177 e. The van der Waals surface area contributed by atoms with E-state index in [1.165, 1.54) is 55.1 Å². The Hall–Kier alpha value is -0.340. The molecule has 1 fully saturated rings. The highest BCUT2D eigenvalue weighted by molar-refractivity contribution is 9.10. The molecule has 2 atom stereocenters. The number of benzene rings is 1. The van der Waals surface area contributed by atoms with Gasteiger partial charge < -0.3 is 5.32 Å². The van der Waals surface area contributed by atoms with Crippen LogP contribution >= 0.6 is 15.9 Å². The third-order valence-corrected chi connectivity index (χ3v) is 5.16. The van der Waals surface area contributed by atoms with E-state index in [1.807, 2.05) is 0 Å². The minimum Gasteiger partial charge on any atom is -0.316 e. The van der Waals surface area contributed by atoms with Gasteiger partial charge in [0.1, 0.15) is 0 Å². The van der Waals surface area contributed by atoms with Gasteiger partial charge >= 0.3 is 0 Å². The van der Waals surface area contributed by atoms with Crippen LogP contribution in [0.25, 0.3) is 0 Å². The fourth-order valence-electron chi connectivity index (χ4n) is 3.52. The van der Waals surface area contributed by atoms with Crippen LogP contribution in [0.15, 0.2) is 28.7 Å². The monoisotopic (exact) mass is 351 g/mol. The van der Waals surface area contributed by atoms with Crippen LogP contribution in [0.2, 0.25) is 0 Å². The standard InChI is InChI=1S/C19H30BrN/c1-15(2)13-21-14-18-9-5-3-4-8-17(18)11-16-7-6-10-19(20)12-16/h6-7,10,12,15,17-18,21H,3-5,8-9,11,13-14H2,1-2H3. The van der Waals surface area contributed by atoms with Crippen molar-refractivity contribution in [1.82, 2.24) is 5.32 Å². The van der Waals surface area contributed by atoms with Crippen molar-refractivity contribution in [2.45, 2.75) is 52.4 Å². The summed E-state index contributed by atoms with van der Waals surface area (Å²) in [4.78, 5) is 0. The summed E-state index contributed by atoms with van der Waals surface area (Å²) in [6, 6.07) is 8.87. The zero-order valence-electron chi connectivity index (χ0n) is 13.6. The molecule has 0 bridgehead atoms. The average Bonchev–Trinajstić information content (AvgIpc) is 2.64. The van der Waals surface area contributed by atoms with Crippen LogP contribution in [0.1, 0.15) is 51.5 Å². The highest BCUT2D eigenvalue weighted by atomic mass is 79.9. The van der Waals surface area contributed by atoms with Crippen LogP contribution in [-0.4, -0.2) is 13.1 Å². The summed E-state index contributed by atoms with van der Waals surface area (Å²) >= 11 is 3.60. The van der Waals surface area contributed by atoms with E-state index < -0.39 is 0 Å². The third-order valence-electron chi connectivity index (χ3n) is 4.66. The molecule has 0 radical (unpaired) electrons. The van der Waals surface area contributed by atoms with Gasteiger partial charge in [-0.05, 0) is 67.8 Å². The molecule has 1 aliphatic carbocycles. The summed E-state index contributed by atoms with van der Waals surface area (Å²) in [5.74, 6) is 2.45. The van der Waals surface area contributed by atoms with Gasteiger partial charge in [0.25, 0.3) is 0 Å². The number of hydrogen-bond donors (Lipinski definition) is 1. The topological polar surface area (TPSA) is 12.0 Å². The maximum absolute atomic E-state index is 3.70. The molecule has 0 heterocycles. The molecular weight excluding hydrogens is 322 g/mol. The lowest BCUT2D eigenvalue weighted by molar-refractivity contribution is 0.294. The minimum absolute atomic E-state index is 0.749. The van der Waals surface area contributed by atoms with Gasteiger partial charge in [0.05, 0.1) is 0 Å². The van der Waals surface area contributed by atoms with Crippen LogP contribution < -0.4 is 5.32 Å². The largest absolute Gasteiger partial charge is 0.316 e. The van der Waals surface area contributed by atoms with Gasteiger partial charge in [-0.1, -0.05) is 61.2 Å². The zero-order valence-corrected chi connectivity index (χ0v) is 15.2. The molecule has 0 aliphatic heterocycles. The molecule has 1 N–H and O–H groups in total. The van der Waals surface area contributed by atoms with E-state index in [1.54, 1.807) is 0 Å². The van der Waals surface area contributed by atoms with E-state index in [2.05, 4.69) is 59.4 Å². The molecule has 1 aliphatic rings. The van der Waals surface area contributed by atoms with Crippen LogP contribution in [-0.2, 0) is 6.42 Å². The first-order valence-corrected chi connectivity index (χ1v) is 9.39. The first-order chi connectivity index (χ1) is 10.1. The normalized spacial score (nSPS) is 23.2. The van der Waals surface area contributed by atoms with Gasteiger partial charge in [-0.2, -0.15) is 0 Å². The van der Waals surface area contributed by atoms with Crippen LogP contribution in [0.4, 0.5) is 0 Å². The molecule has 118 valence electrons. The molecule has 1 saturated carbocycles. The molecule has 1 nitrogen and oxygen atoms in total. The maximum atomic E-state index is 3.70. The molecule has 1 aromatic rings. The summed E-state index contributed by atoms with van der Waals surface area (Å²) in [7, 11) is 0. The Morgan fingerprint density at radius 2 is 1.90 bits per heavy atom. The lowest BCUT2D eigenvalue weighted by Gasteiger charge is -2.26. The Balaban J connectivity index is 1.94. The molecule has 0 amide bonds. The highest BCUT2D eigenvalue weighted by Gasteiger charge is 2.23. The van der Waals surface area contributed by atoms with Crippen molar-refractivity contribution in [1.29, 1.82) is 0 Å². The Morgan fingerprint density at radius 1 is 1.14 bits per heavy atom. The Morgan fingerprint density at radius 3 is 2.62 bits per heavy atom. The fourth-order valence-corrected chi connectivity index (χ4v) is 3.97. The minimum atomic E-state index is 0.749. The molecule has 2 heteroatoms. The number of rotatable bonds is 6. The second-order valence-electron chi connectivity index (χ2n) is 7.04.